The highest BCUT2D eigenvalue weighted by atomic mass is 35.5. The second-order valence-corrected chi connectivity index (χ2v) is 8.93. The predicted molar refractivity (Wildman–Crippen MR) is 133 cm³/mol. The van der Waals surface area contributed by atoms with E-state index in [-0.39, 0.29) is 5.56 Å². The number of aryl methyl sites for hydroxylation is 2. The summed E-state index contributed by atoms with van der Waals surface area (Å²) in [5.74, 6) is 0.558. The summed E-state index contributed by atoms with van der Waals surface area (Å²) in [7, 11) is 0. The second-order valence-electron chi connectivity index (χ2n) is 7.49. The van der Waals surface area contributed by atoms with E-state index in [2.05, 4.69) is 12.2 Å². The summed E-state index contributed by atoms with van der Waals surface area (Å²) >= 11 is 7.56. The Labute approximate surface area is 194 Å². The van der Waals surface area contributed by atoms with Crippen LogP contribution in [0.2, 0.25) is 5.02 Å². The van der Waals surface area contributed by atoms with Crippen molar-refractivity contribution in [2.45, 2.75) is 13.8 Å². The maximum Gasteiger partial charge on any atom is 0.266 e. The lowest BCUT2D eigenvalue weighted by atomic mass is 10.2. The van der Waals surface area contributed by atoms with Crippen molar-refractivity contribution in [3.8, 4) is 16.4 Å². The molecule has 158 valence electrons. The second kappa shape index (κ2) is 8.22. The van der Waals surface area contributed by atoms with Gasteiger partial charge in [0.1, 0.15) is 0 Å². The van der Waals surface area contributed by atoms with E-state index in [0.717, 1.165) is 21.4 Å². The van der Waals surface area contributed by atoms with Gasteiger partial charge in [-0.25, -0.2) is 9.97 Å². The van der Waals surface area contributed by atoms with Gasteiger partial charge in [-0.2, -0.15) is 0 Å². The molecule has 5 nitrogen and oxygen atoms in total. The first-order valence-corrected chi connectivity index (χ1v) is 11.3. The van der Waals surface area contributed by atoms with Crippen LogP contribution in [0.1, 0.15) is 11.3 Å². The fraction of sp³-hybridized carbons (Fsp3) is 0.0800. The van der Waals surface area contributed by atoms with Crippen LogP contribution in [-0.4, -0.2) is 14.5 Å². The van der Waals surface area contributed by atoms with E-state index in [4.69, 9.17) is 21.6 Å². The molecule has 5 rings (SSSR count). The number of nitrogens with zero attached hydrogens (tertiary/aromatic N) is 3. The van der Waals surface area contributed by atoms with Crippen LogP contribution in [0.15, 0.2) is 77.6 Å². The lowest BCUT2D eigenvalue weighted by Gasteiger charge is -2.13. The van der Waals surface area contributed by atoms with Crippen molar-refractivity contribution in [3.05, 3.63) is 99.4 Å². The molecule has 0 bridgehead atoms. The summed E-state index contributed by atoms with van der Waals surface area (Å²) in [5.41, 5.74) is 4.17. The molecular formula is C25H19ClN4OS. The molecule has 7 heteroatoms. The predicted octanol–water partition coefficient (Wildman–Crippen LogP) is 6.52. The van der Waals surface area contributed by atoms with Crippen LogP contribution < -0.4 is 10.9 Å². The molecule has 5 aromatic rings. The molecule has 2 aromatic heterocycles. The minimum Gasteiger partial charge on any atom is -0.332 e. The van der Waals surface area contributed by atoms with Crippen molar-refractivity contribution < 1.29 is 0 Å². The quantitative estimate of drug-likeness (QED) is 0.333. The molecule has 0 unspecified atom stereocenters. The molecular weight excluding hydrogens is 440 g/mol. The monoisotopic (exact) mass is 458 g/mol. The third-order valence-electron chi connectivity index (χ3n) is 5.16. The van der Waals surface area contributed by atoms with Crippen LogP contribution in [0.5, 0.6) is 0 Å². The number of anilines is 2. The first-order valence-electron chi connectivity index (χ1n) is 10.1. The molecule has 3 aromatic carbocycles. The molecule has 0 fully saturated rings. The Hall–Kier alpha value is -3.48. The largest absolute Gasteiger partial charge is 0.332 e. The zero-order valence-electron chi connectivity index (χ0n) is 17.5. The molecule has 32 heavy (non-hydrogen) atoms. The average molecular weight is 459 g/mol. The van der Waals surface area contributed by atoms with Crippen molar-refractivity contribution in [1.29, 1.82) is 0 Å². The summed E-state index contributed by atoms with van der Waals surface area (Å²) in [6, 6.07) is 22.7. The number of aromatic nitrogens is 3. The van der Waals surface area contributed by atoms with Crippen LogP contribution in [0.25, 0.3) is 27.3 Å². The number of fused-ring (bicyclic) bond motifs is 1. The Morgan fingerprint density at radius 3 is 2.38 bits per heavy atom. The zero-order chi connectivity index (χ0) is 22.2. The Balaban J connectivity index is 1.69. The van der Waals surface area contributed by atoms with E-state index in [1.807, 2.05) is 61.5 Å². The molecule has 0 saturated heterocycles. The van der Waals surface area contributed by atoms with Crippen LogP contribution in [0, 0.1) is 13.8 Å². The van der Waals surface area contributed by atoms with Gasteiger partial charge in [0, 0.05) is 10.7 Å². The maximum absolute atomic E-state index is 13.5. The van der Waals surface area contributed by atoms with E-state index in [1.54, 1.807) is 22.8 Å². The van der Waals surface area contributed by atoms with Gasteiger partial charge in [-0.1, -0.05) is 52.8 Å². The first-order chi connectivity index (χ1) is 15.5. The summed E-state index contributed by atoms with van der Waals surface area (Å²) in [5, 5.41) is 5.27. The van der Waals surface area contributed by atoms with Crippen molar-refractivity contribution in [3.63, 3.8) is 0 Å². The molecule has 0 aliphatic rings. The van der Waals surface area contributed by atoms with Crippen LogP contribution in [0.4, 0.5) is 10.8 Å². The van der Waals surface area contributed by atoms with E-state index < -0.39 is 0 Å². The first kappa shape index (κ1) is 20.4. The molecule has 0 spiro atoms. The van der Waals surface area contributed by atoms with Crippen molar-refractivity contribution >= 4 is 44.7 Å². The topological polar surface area (TPSA) is 59.8 Å². The van der Waals surface area contributed by atoms with Crippen molar-refractivity contribution in [2.24, 2.45) is 0 Å². The molecule has 2 heterocycles. The van der Waals surface area contributed by atoms with Gasteiger partial charge in [0.25, 0.3) is 5.56 Å². The summed E-state index contributed by atoms with van der Waals surface area (Å²) in [6.45, 7) is 3.98. The van der Waals surface area contributed by atoms with E-state index in [0.29, 0.717) is 27.4 Å². The molecule has 0 aliphatic heterocycles. The highest BCUT2D eigenvalue weighted by Crippen LogP contribution is 2.34. The van der Waals surface area contributed by atoms with Gasteiger partial charge in [0.2, 0.25) is 0 Å². The van der Waals surface area contributed by atoms with E-state index >= 15 is 0 Å². The van der Waals surface area contributed by atoms with Crippen molar-refractivity contribution in [2.75, 3.05) is 5.32 Å². The smallest absolute Gasteiger partial charge is 0.266 e. The number of benzene rings is 3. The minimum atomic E-state index is -0.131. The normalized spacial score (nSPS) is 11.1. The van der Waals surface area contributed by atoms with Crippen LogP contribution >= 0.6 is 22.9 Å². The standard InChI is InChI=1S/C25H19ClN4OS/c1-15-7-11-18(12-8-15)28-25-27-16(2)22(32-25)23-29-21-6-4-3-5-20(21)24(31)30(23)19-13-9-17(26)10-14-19/h3-14H,1-2H3,(H,27,28). The molecule has 0 atom stereocenters. The minimum absolute atomic E-state index is 0.131. The average Bonchev–Trinajstić information content (AvgIpc) is 3.16. The molecule has 0 amide bonds. The van der Waals surface area contributed by atoms with E-state index in [1.165, 1.54) is 16.9 Å². The fourth-order valence-corrected chi connectivity index (χ4v) is 4.62. The lowest BCUT2D eigenvalue weighted by molar-refractivity contribution is 0.976. The van der Waals surface area contributed by atoms with Gasteiger partial charge in [-0.3, -0.25) is 9.36 Å². The molecule has 1 N–H and O–H groups in total. The maximum atomic E-state index is 13.5. The highest BCUT2D eigenvalue weighted by Gasteiger charge is 2.19. The lowest BCUT2D eigenvalue weighted by Crippen LogP contribution is -2.21. The fourth-order valence-electron chi connectivity index (χ4n) is 3.53. The zero-order valence-corrected chi connectivity index (χ0v) is 19.0. The van der Waals surface area contributed by atoms with Gasteiger partial charge >= 0.3 is 0 Å². The summed E-state index contributed by atoms with van der Waals surface area (Å²) in [4.78, 5) is 23.9. The van der Waals surface area contributed by atoms with Gasteiger partial charge in [0.05, 0.1) is 27.2 Å². The Morgan fingerprint density at radius 1 is 0.906 bits per heavy atom. The molecule has 0 radical (unpaired) electrons. The summed E-state index contributed by atoms with van der Waals surface area (Å²) in [6.07, 6.45) is 0. The number of hydrogen-bond acceptors (Lipinski definition) is 5. The summed E-state index contributed by atoms with van der Waals surface area (Å²) < 4.78 is 1.63. The number of rotatable bonds is 4. The number of halogens is 1. The van der Waals surface area contributed by atoms with Gasteiger partial charge < -0.3 is 5.32 Å². The Morgan fingerprint density at radius 2 is 1.62 bits per heavy atom. The Bertz CT molecular complexity index is 1490. The highest BCUT2D eigenvalue weighted by molar-refractivity contribution is 7.19. The van der Waals surface area contributed by atoms with E-state index in [9.17, 15) is 4.79 Å². The molecule has 0 saturated carbocycles. The van der Waals surface area contributed by atoms with Crippen LogP contribution in [-0.2, 0) is 0 Å². The number of nitrogens with one attached hydrogen (secondary N) is 1. The van der Waals surface area contributed by atoms with Gasteiger partial charge in [-0.15, -0.1) is 0 Å². The SMILES string of the molecule is Cc1ccc(Nc2nc(C)c(-c3nc4ccccc4c(=O)n3-c3ccc(Cl)cc3)s2)cc1. The number of hydrogen-bond donors (Lipinski definition) is 1. The third-order valence-corrected chi connectivity index (χ3v) is 6.48. The van der Waals surface area contributed by atoms with Crippen molar-refractivity contribution in [1.82, 2.24) is 14.5 Å². The number of para-hydroxylation sites is 1. The third kappa shape index (κ3) is 3.79. The number of thiazole rings is 1. The van der Waals surface area contributed by atoms with Crippen LogP contribution in [0.3, 0.4) is 0 Å². The van der Waals surface area contributed by atoms with Gasteiger partial charge in [-0.05, 0) is 62.4 Å². The Kier molecular flexibility index (Phi) is 5.25. The van der Waals surface area contributed by atoms with Gasteiger partial charge in [0.15, 0.2) is 11.0 Å². The molecule has 0 aliphatic carbocycles.